The minimum atomic E-state index is -1.22. The van der Waals surface area contributed by atoms with Crippen LogP contribution in [0, 0.1) is 24.2 Å². The lowest BCUT2D eigenvalue weighted by Gasteiger charge is -2.30. The van der Waals surface area contributed by atoms with Crippen LogP contribution < -0.4 is 30.7 Å². The number of aliphatic hydroxyl groups is 1. The molecule has 442 valence electrons. The molecular weight excluding hydrogens is 1060 g/mol. The molecule has 0 aliphatic carbocycles. The molecule has 0 aliphatic rings. The average Bonchev–Trinajstić information content (AvgIpc) is 3.68. The van der Waals surface area contributed by atoms with Gasteiger partial charge in [-0.25, -0.2) is 4.79 Å². The highest BCUT2D eigenvalue weighted by Crippen LogP contribution is 2.22. The summed E-state index contributed by atoms with van der Waals surface area (Å²) in [7, 11) is 0. The van der Waals surface area contributed by atoms with Crippen molar-refractivity contribution in [3.63, 3.8) is 0 Å². The highest BCUT2D eigenvalue weighted by molar-refractivity contribution is 6.09. The molecule has 16 heteroatoms. The first-order chi connectivity index (χ1) is 40.4. The Balaban J connectivity index is 1.06. The molecule has 0 heterocycles. The molecule has 0 aromatic heterocycles. The third-order valence-electron chi connectivity index (χ3n) is 13.3. The van der Waals surface area contributed by atoms with Gasteiger partial charge >= 0.3 is 6.09 Å². The van der Waals surface area contributed by atoms with Crippen LogP contribution in [0.25, 0.3) is 0 Å². The number of hydrogen-bond acceptors (Lipinski definition) is 12. The summed E-state index contributed by atoms with van der Waals surface area (Å²) >= 11 is 0. The van der Waals surface area contributed by atoms with E-state index >= 15 is 0 Å². The molecule has 0 aliphatic heterocycles. The van der Waals surface area contributed by atoms with Crippen LogP contribution in [0.2, 0.25) is 0 Å². The molecule has 5 N–H and O–H groups in total. The molecular formula is C68H78N4O12. The van der Waals surface area contributed by atoms with Gasteiger partial charge in [0.25, 0.3) is 0 Å². The molecule has 0 bridgehead atoms. The largest absolute Gasteiger partial charge is 0.491 e. The fraction of sp³-hybridized carbons (Fsp3) is 0.353. The Morgan fingerprint density at radius 1 is 0.512 bits per heavy atom. The molecule has 6 aromatic rings. The summed E-state index contributed by atoms with van der Waals surface area (Å²) in [5.74, 6) is 0.745. The van der Waals surface area contributed by atoms with E-state index < -0.39 is 59.6 Å². The number of ketones is 2. The second-order valence-electron chi connectivity index (χ2n) is 21.7. The zero-order valence-electron chi connectivity index (χ0n) is 48.6. The molecule has 84 heavy (non-hydrogen) atoms. The topological polar surface area (TPSA) is 217 Å². The van der Waals surface area contributed by atoms with Crippen LogP contribution in [0.4, 0.5) is 4.79 Å². The maximum absolute atomic E-state index is 14.7. The number of carbonyl (C=O) groups excluding carboxylic acids is 6. The SMILES string of the molecule is C#CCOc1ccc(C(=O)c2ccc(OCCOCCOCCNC(=O)[C@H](Cc3ccc(C(=O)c4ccccc4)cc3)NC(=O)[C@H](CC(C)C)NC(=O)[C@H](Cc3ccccc3)C[C@@H](O)[C@H](Cc3ccccc3)NC(=O)OC(C)(C)C)cc2)cc1. The van der Waals surface area contributed by atoms with Crippen molar-refractivity contribution in [3.05, 3.63) is 203 Å². The minimum Gasteiger partial charge on any atom is -0.491 e. The Hall–Kier alpha value is -8.62. The van der Waals surface area contributed by atoms with Gasteiger partial charge in [-0.3, -0.25) is 24.0 Å². The molecule has 0 unspecified atom stereocenters. The van der Waals surface area contributed by atoms with Crippen molar-refractivity contribution in [2.75, 3.05) is 46.2 Å². The van der Waals surface area contributed by atoms with Crippen LogP contribution in [-0.4, -0.2) is 117 Å². The van der Waals surface area contributed by atoms with E-state index in [-0.39, 0.29) is 95.8 Å². The quantitative estimate of drug-likeness (QED) is 0.0149. The van der Waals surface area contributed by atoms with Crippen molar-refractivity contribution in [2.24, 2.45) is 11.8 Å². The summed E-state index contributed by atoms with van der Waals surface area (Å²) < 4.78 is 28.2. The van der Waals surface area contributed by atoms with Crippen molar-refractivity contribution in [2.45, 2.75) is 96.6 Å². The predicted molar refractivity (Wildman–Crippen MR) is 322 cm³/mol. The van der Waals surface area contributed by atoms with E-state index in [2.05, 4.69) is 27.2 Å². The summed E-state index contributed by atoms with van der Waals surface area (Å²) in [6.45, 7) is 10.5. The fourth-order valence-corrected chi connectivity index (χ4v) is 9.11. The van der Waals surface area contributed by atoms with Gasteiger partial charge in [0.1, 0.15) is 42.4 Å². The third-order valence-corrected chi connectivity index (χ3v) is 13.3. The minimum absolute atomic E-state index is 0.0499. The summed E-state index contributed by atoms with van der Waals surface area (Å²) in [6.07, 6.45) is 3.97. The smallest absolute Gasteiger partial charge is 0.407 e. The Bertz CT molecular complexity index is 3050. The van der Waals surface area contributed by atoms with Crippen LogP contribution in [0.1, 0.15) is 96.0 Å². The second-order valence-corrected chi connectivity index (χ2v) is 21.7. The van der Waals surface area contributed by atoms with Gasteiger partial charge in [0.15, 0.2) is 11.6 Å². The monoisotopic (exact) mass is 1140 g/mol. The number of carbonyl (C=O) groups is 6. The Morgan fingerprint density at radius 3 is 1.54 bits per heavy atom. The van der Waals surface area contributed by atoms with Gasteiger partial charge in [0.2, 0.25) is 17.7 Å². The number of hydrogen-bond donors (Lipinski definition) is 5. The maximum Gasteiger partial charge on any atom is 0.407 e. The Morgan fingerprint density at radius 2 is 0.988 bits per heavy atom. The van der Waals surface area contributed by atoms with Gasteiger partial charge in [0, 0.05) is 41.1 Å². The standard InChI is InChI=1S/C68H78N4O12/c1-7-36-82-56-31-27-53(28-32-56)63(75)54-29-33-57(34-30-54)83-41-40-81-39-38-80-37-35-69-65(77)60(45-50-23-25-52(26-24-50)62(74)51-21-15-10-16-22-51)71-66(78)59(42-47(2)3)70-64(76)55(43-48-17-11-8-12-18-48)46-61(73)58(44-49-19-13-9-14-20-49)72-67(79)84-68(4,5)6/h1,8-34,47,55,58-61,73H,35-46H2,2-6H3,(H,69,77)(H,70,76)(H,71,78)(H,72,79)/t55-,58+,59+,60+,61-/m1/s1. The van der Waals surface area contributed by atoms with E-state index in [1.165, 1.54) is 0 Å². The van der Waals surface area contributed by atoms with Crippen LogP contribution in [-0.2, 0) is 47.9 Å². The predicted octanol–water partition coefficient (Wildman–Crippen LogP) is 8.69. The lowest BCUT2D eigenvalue weighted by molar-refractivity contribution is -0.134. The summed E-state index contributed by atoms with van der Waals surface area (Å²) in [5.41, 5.74) is 3.55. The molecule has 0 fully saturated rings. The van der Waals surface area contributed by atoms with Crippen LogP contribution in [0.15, 0.2) is 164 Å². The first-order valence-corrected chi connectivity index (χ1v) is 28.4. The second kappa shape index (κ2) is 33.5. The lowest BCUT2D eigenvalue weighted by atomic mass is 9.88. The van der Waals surface area contributed by atoms with Gasteiger partial charge in [0.05, 0.1) is 38.6 Å². The number of ether oxygens (including phenoxy) is 5. The van der Waals surface area contributed by atoms with E-state index in [0.29, 0.717) is 39.3 Å². The third kappa shape index (κ3) is 22.3. The Labute approximate surface area is 493 Å². The van der Waals surface area contributed by atoms with Crippen LogP contribution >= 0.6 is 0 Å². The molecule has 0 spiro atoms. The summed E-state index contributed by atoms with van der Waals surface area (Å²) in [4.78, 5) is 82.7. The molecule has 4 amide bonds. The first kappa shape index (κ1) is 64.5. The molecule has 0 saturated carbocycles. The van der Waals surface area contributed by atoms with Crippen molar-refractivity contribution >= 4 is 35.4 Å². The van der Waals surface area contributed by atoms with Crippen molar-refractivity contribution in [1.29, 1.82) is 0 Å². The molecule has 6 aromatic carbocycles. The number of nitrogens with one attached hydrogen (secondary N) is 4. The van der Waals surface area contributed by atoms with Crippen LogP contribution in [0.3, 0.4) is 0 Å². The van der Waals surface area contributed by atoms with Gasteiger partial charge in [-0.1, -0.05) is 135 Å². The zero-order chi connectivity index (χ0) is 60.3. The number of alkyl carbamates (subject to hydrolysis) is 1. The van der Waals surface area contributed by atoms with Crippen molar-refractivity contribution in [1.82, 2.24) is 21.3 Å². The molecule has 5 atom stereocenters. The summed E-state index contributed by atoms with van der Waals surface area (Å²) in [6, 6.07) is 45.0. The number of amides is 4. The van der Waals surface area contributed by atoms with Gasteiger partial charge in [-0.2, -0.15) is 0 Å². The van der Waals surface area contributed by atoms with E-state index in [9.17, 15) is 33.9 Å². The lowest BCUT2D eigenvalue weighted by Crippen LogP contribution is -2.56. The Kier molecular flexibility index (Phi) is 25.7. The number of terminal acetylenes is 1. The summed E-state index contributed by atoms with van der Waals surface area (Å²) in [5, 5.41) is 23.6. The normalized spacial score (nSPS) is 13.0. The van der Waals surface area contributed by atoms with Gasteiger partial charge in [-0.05, 0) is 118 Å². The van der Waals surface area contributed by atoms with Gasteiger partial charge in [-0.15, -0.1) is 6.42 Å². The zero-order valence-corrected chi connectivity index (χ0v) is 48.6. The van der Waals surface area contributed by atoms with Gasteiger partial charge < -0.3 is 50.1 Å². The molecule has 0 radical (unpaired) electrons. The maximum atomic E-state index is 14.7. The van der Waals surface area contributed by atoms with Crippen molar-refractivity contribution < 1.29 is 57.6 Å². The highest BCUT2D eigenvalue weighted by Gasteiger charge is 2.34. The molecule has 16 nitrogen and oxygen atoms in total. The fourth-order valence-electron chi connectivity index (χ4n) is 9.11. The van der Waals surface area contributed by atoms with E-state index in [0.717, 1.165) is 11.1 Å². The highest BCUT2D eigenvalue weighted by atomic mass is 16.6. The first-order valence-electron chi connectivity index (χ1n) is 28.4. The van der Waals surface area contributed by atoms with Crippen molar-refractivity contribution in [3.8, 4) is 23.8 Å². The van der Waals surface area contributed by atoms with E-state index in [1.54, 1.807) is 118 Å². The molecule has 6 rings (SSSR count). The number of rotatable bonds is 33. The molecule has 0 saturated heterocycles. The van der Waals surface area contributed by atoms with Crippen LogP contribution in [0.5, 0.6) is 11.5 Å². The van der Waals surface area contributed by atoms with E-state index in [1.807, 2.05) is 80.6 Å². The number of aliphatic hydroxyl groups excluding tert-OH is 1. The average molecular weight is 1140 g/mol. The number of benzene rings is 6. The van der Waals surface area contributed by atoms with E-state index in [4.69, 9.17) is 30.1 Å².